The zero-order chi connectivity index (χ0) is 19.5. The normalized spacial score (nSPS) is 12.3. The largest absolute Gasteiger partial charge is 0.495 e. The fraction of sp³-hybridized carbons (Fsp3) is 0.235. The Kier molecular flexibility index (Phi) is 6.39. The van der Waals surface area contributed by atoms with Gasteiger partial charge in [-0.3, -0.25) is 9.10 Å². The van der Waals surface area contributed by atoms with Gasteiger partial charge in [0.15, 0.2) is 0 Å². The van der Waals surface area contributed by atoms with E-state index < -0.39 is 22.0 Å². The minimum absolute atomic E-state index is 0.129. The number of carbonyl (C=O) groups is 1. The topological polar surface area (TPSA) is 75.7 Å². The van der Waals surface area contributed by atoms with Crippen molar-refractivity contribution in [2.45, 2.75) is 13.0 Å². The molecule has 0 aromatic heterocycles. The molecule has 6 nitrogen and oxygen atoms in total. The standard InChI is InChI=1S/C17H18Cl2N2O4S/c1-11(17(22)20-14-6-4-5-7-16(14)25-2)21(26(3,23)24)15-10-12(18)8-9-13(15)19/h4-11H,1-3H3,(H,20,22)/t11-/m1/s1. The van der Waals surface area contributed by atoms with Gasteiger partial charge in [-0.15, -0.1) is 0 Å². The highest BCUT2D eigenvalue weighted by molar-refractivity contribution is 7.92. The van der Waals surface area contributed by atoms with Crippen LogP contribution in [0.5, 0.6) is 5.75 Å². The van der Waals surface area contributed by atoms with Crippen molar-refractivity contribution in [3.63, 3.8) is 0 Å². The van der Waals surface area contributed by atoms with Crippen LogP contribution in [0.3, 0.4) is 0 Å². The van der Waals surface area contributed by atoms with Crippen molar-refractivity contribution < 1.29 is 17.9 Å². The Balaban J connectivity index is 2.40. The summed E-state index contributed by atoms with van der Waals surface area (Å²) < 4.78 is 30.8. The molecular weight excluding hydrogens is 399 g/mol. The molecule has 0 spiro atoms. The van der Waals surface area contributed by atoms with Crippen molar-refractivity contribution in [3.8, 4) is 5.75 Å². The van der Waals surface area contributed by atoms with Gasteiger partial charge in [0.2, 0.25) is 15.9 Å². The van der Waals surface area contributed by atoms with Gasteiger partial charge in [-0.25, -0.2) is 8.42 Å². The average molecular weight is 417 g/mol. The maximum Gasteiger partial charge on any atom is 0.248 e. The molecule has 0 bridgehead atoms. The van der Waals surface area contributed by atoms with E-state index in [9.17, 15) is 13.2 Å². The first kappa shape index (κ1) is 20.4. The van der Waals surface area contributed by atoms with Crippen LogP contribution in [0.15, 0.2) is 42.5 Å². The number of nitrogens with zero attached hydrogens (tertiary/aromatic N) is 1. The van der Waals surface area contributed by atoms with Crippen LogP contribution in [0.2, 0.25) is 10.0 Å². The predicted octanol–water partition coefficient (Wildman–Crippen LogP) is 3.80. The Labute approximate surface area is 162 Å². The van der Waals surface area contributed by atoms with Crippen LogP contribution in [0, 0.1) is 0 Å². The van der Waals surface area contributed by atoms with Gasteiger partial charge in [0.25, 0.3) is 0 Å². The predicted molar refractivity (Wildman–Crippen MR) is 105 cm³/mol. The second kappa shape index (κ2) is 8.16. The maximum atomic E-state index is 12.7. The van der Waals surface area contributed by atoms with Gasteiger partial charge in [-0.2, -0.15) is 0 Å². The van der Waals surface area contributed by atoms with Crippen molar-refractivity contribution in [2.75, 3.05) is 23.0 Å². The first-order chi connectivity index (χ1) is 12.1. The summed E-state index contributed by atoms with van der Waals surface area (Å²) in [6.07, 6.45) is 0.997. The van der Waals surface area contributed by atoms with Crippen LogP contribution >= 0.6 is 23.2 Å². The molecule has 1 N–H and O–H groups in total. The van der Waals surface area contributed by atoms with Crippen LogP contribution in [0.4, 0.5) is 11.4 Å². The smallest absolute Gasteiger partial charge is 0.248 e. The fourth-order valence-electron chi connectivity index (χ4n) is 2.42. The van der Waals surface area contributed by atoms with E-state index in [2.05, 4.69) is 5.32 Å². The number of sulfonamides is 1. The van der Waals surface area contributed by atoms with Crippen molar-refractivity contribution in [1.29, 1.82) is 0 Å². The molecule has 0 aliphatic carbocycles. The van der Waals surface area contributed by atoms with Gasteiger partial charge in [-0.05, 0) is 37.3 Å². The molecule has 0 unspecified atom stereocenters. The highest BCUT2D eigenvalue weighted by atomic mass is 35.5. The summed E-state index contributed by atoms with van der Waals surface area (Å²) in [5, 5.41) is 3.14. The van der Waals surface area contributed by atoms with Crippen molar-refractivity contribution >= 4 is 50.5 Å². The lowest BCUT2D eigenvalue weighted by molar-refractivity contribution is -0.116. The Hall–Kier alpha value is -1.96. The summed E-state index contributed by atoms with van der Waals surface area (Å²) in [5.41, 5.74) is 0.557. The van der Waals surface area contributed by atoms with E-state index in [-0.39, 0.29) is 10.7 Å². The first-order valence-corrected chi connectivity index (χ1v) is 10.1. The molecule has 0 aliphatic rings. The first-order valence-electron chi connectivity index (χ1n) is 7.53. The number of amides is 1. The summed E-state index contributed by atoms with van der Waals surface area (Å²) in [6.45, 7) is 1.46. The number of para-hydroxylation sites is 2. The van der Waals surface area contributed by atoms with Gasteiger partial charge >= 0.3 is 0 Å². The second-order valence-electron chi connectivity index (χ2n) is 5.52. The van der Waals surface area contributed by atoms with Crippen LogP contribution in [-0.4, -0.2) is 33.7 Å². The minimum atomic E-state index is -3.81. The molecule has 2 aromatic carbocycles. The van der Waals surface area contributed by atoms with E-state index in [0.29, 0.717) is 16.5 Å². The molecule has 0 saturated carbocycles. The van der Waals surface area contributed by atoms with Gasteiger partial charge in [-0.1, -0.05) is 35.3 Å². The van der Waals surface area contributed by atoms with Crippen LogP contribution in [0.1, 0.15) is 6.92 Å². The van der Waals surface area contributed by atoms with E-state index in [1.165, 1.54) is 32.2 Å². The molecule has 0 saturated heterocycles. The molecule has 2 aromatic rings. The lowest BCUT2D eigenvalue weighted by atomic mass is 10.2. The third-order valence-electron chi connectivity index (χ3n) is 3.60. The number of carbonyl (C=O) groups excluding carboxylic acids is 1. The molecule has 1 atom stereocenters. The Morgan fingerprint density at radius 1 is 1.19 bits per heavy atom. The summed E-state index contributed by atoms with van der Waals surface area (Å²) in [7, 11) is -2.34. The number of nitrogens with one attached hydrogen (secondary N) is 1. The van der Waals surface area contributed by atoms with E-state index in [1.54, 1.807) is 24.3 Å². The van der Waals surface area contributed by atoms with Crippen LogP contribution < -0.4 is 14.4 Å². The zero-order valence-electron chi connectivity index (χ0n) is 14.4. The monoisotopic (exact) mass is 416 g/mol. The average Bonchev–Trinajstić information content (AvgIpc) is 2.57. The number of ether oxygens (including phenoxy) is 1. The summed E-state index contributed by atoms with van der Waals surface area (Å²) in [4.78, 5) is 12.7. The van der Waals surface area contributed by atoms with Crippen molar-refractivity contribution in [3.05, 3.63) is 52.5 Å². The Morgan fingerprint density at radius 3 is 2.46 bits per heavy atom. The quantitative estimate of drug-likeness (QED) is 0.776. The van der Waals surface area contributed by atoms with Gasteiger partial charge in [0, 0.05) is 5.02 Å². The fourth-order valence-corrected chi connectivity index (χ4v) is 4.02. The van der Waals surface area contributed by atoms with Gasteiger partial charge in [0.05, 0.1) is 29.8 Å². The molecular formula is C17H18Cl2N2O4S. The molecule has 9 heteroatoms. The van der Waals surface area contributed by atoms with Gasteiger partial charge < -0.3 is 10.1 Å². The number of hydrogen-bond acceptors (Lipinski definition) is 4. The summed E-state index contributed by atoms with van der Waals surface area (Å²) in [5.74, 6) is -0.0873. The van der Waals surface area contributed by atoms with Crippen LogP contribution in [0.25, 0.3) is 0 Å². The van der Waals surface area contributed by atoms with Crippen molar-refractivity contribution in [2.24, 2.45) is 0 Å². The summed E-state index contributed by atoms with van der Waals surface area (Å²) in [6, 6.07) is 10.2. The molecule has 0 aliphatic heterocycles. The number of halogens is 2. The molecule has 0 heterocycles. The highest BCUT2D eigenvalue weighted by Gasteiger charge is 2.31. The van der Waals surface area contributed by atoms with Gasteiger partial charge in [0.1, 0.15) is 11.8 Å². The van der Waals surface area contributed by atoms with E-state index >= 15 is 0 Å². The molecule has 0 radical (unpaired) electrons. The summed E-state index contributed by atoms with van der Waals surface area (Å²) >= 11 is 12.1. The number of methoxy groups -OCH3 is 1. The number of hydrogen-bond donors (Lipinski definition) is 1. The van der Waals surface area contributed by atoms with E-state index in [0.717, 1.165) is 10.6 Å². The lowest BCUT2D eigenvalue weighted by Gasteiger charge is -2.29. The zero-order valence-corrected chi connectivity index (χ0v) is 16.7. The van der Waals surface area contributed by atoms with E-state index in [4.69, 9.17) is 27.9 Å². The molecule has 140 valence electrons. The molecule has 1 amide bonds. The number of benzene rings is 2. The van der Waals surface area contributed by atoms with Crippen molar-refractivity contribution in [1.82, 2.24) is 0 Å². The molecule has 0 fully saturated rings. The highest BCUT2D eigenvalue weighted by Crippen LogP contribution is 2.32. The SMILES string of the molecule is COc1ccccc1NC(=O)[C@@H](C)N(c1cc(Cl)ccc1Cl)S(C)(=O)=O. The molecule has 2 rings (SSSR count). The number of anilines is 2. The van der Waals surface area contributed by atoms with E-state index in [1.807, 2.05) is 0 Å². The maximum absolute atomic E-state index is 12.7. The Morgan fingerprint density at radius 2 is 1.85 bits per heavy atom. The number of rotatable bonds is 6. The molecule has 26 heavy (non-hydrogen) atoms. The second-order valence-corrected chi connectivity index (χ2v) is 8.22. The Bertz CT molecular complexity index is 919. The minimum Gasteiger partial charge on any atom is -0.495 e. The third-order valence-corrected chi connectivity index (χ3v) is 5.38. The third kappa shape index (κ3) is 4.60. The lowest BCUT2D eigenvalue weighted by Crippen LogP contribution is -2.45. The van der Waals surface area contributed by atoms with Crippen LogP contribution in [-0.2, 0) is 14.8 Å².